The fraction of sp³-hybridized carbons (Fsp3) is 0.296. The summed E-state index contributed by atoms with van der Waals surface area (Å²) in [6.07, 6.45) is 6.27. The third-order valence-corrected chi connectivity index (χ3v) is 5.07. The van der Waals surface area contributed by atoms with Gasteiger partial charge in [0.25, 0.3) is 0 Å². The van der Waals surface area contributed by atoms with Gasteiger partial charge in [0, 0.05) is 0 Å². The summed E-state index contributed by atoms with van der Waals surface area (Å²) in [5, 5.41) is 0. The van der Waals surface area contributed by atoms with Gasteiger partial charge < -0.3 is 9.47 Å². The molecule has 30 heavy (non-hydrogen) atoms. The van der Waals surface area contributed by atoms with E-state index in [0.717, 1.165) is 23.3 Å². The van der Waals surface area contributed by atoms with Gasteiger partial charge in [-0.05, 0) is 72.9 Å². The van der Waals surface area contributed by atoms with E-state index in [-0.39, 0.29) is 5.97 Å². The maximum Gasteiger partial charge on any atom is 0.343 e. The normalized spacial score (nSPS) is 10.6. The quantitative estimate of drug-likeness (QED) is 0.206. The highest BCUT2D eigenvalue weighted by molar-refractivity contribution is 5.91. The number of rotatable bonds is 10. The van der Waals surface area contributed by atoms with Crippen molar-refractivity contribution >= 4 is 5.97 Å². The first-order chi connectivity index (χ1) is 14.7. The Morgan fingerprint density at radius 1 is 0.700 bits per heavy atom. The standard InChI is InChI=1S/C27H30O3/c1-3-5-6-7-8-21-9-11-22(12-10-21)23-13-19-26(20-14-23)30-27(28)24-15-17-25(18-16-24)29-4-2/h9-20H,3-8H2,1-2H3. The molecule has 3 aromatic carbocycles. The number of unbranched alkanes of at least 4 members (excludes halogenated alkanes) is 3. The maximum atomic E-state index is 12.3. The van der Waals surface area contributed by atoms with E-state index in [9.17, 15) is 4.79 Å². The van der Waals surface area contributed by atoms with Crippen molar-refractivity contribution in [3.8, 4) is 22.6 Å². The SMILES string of the molecule is CCCCCCc1ccc(-c2ccc(OC(=O)c3ccc(OCC)cc3)cc2)cc1. The van der Waals surface area contributed by atoms with Gasteiger partial charge in [0.15, 0.2) is 0 Å². The lowest BCUT2D eigenvalue weighted by atomic mass is 10.0. The molecule has 0 aliphatic heterocycles. The lowest BCUT2D eigenvalue weighted by Crippen LogP contribution is -2.08. The van der Waals surface area contributed by atoms with Gasteiger partial charge in [-0.2, -0.15) is 0 Å². The molecule has 0 unspecified atom stereocenters. The fourth-order valence-electron chi connectivity index (χ4n) is 3.36. The Labute approximate surface area is 179 Å². The lowest BCUT2D eigenvalue weighted by molar-refractivity contribution is 0.0734. The van der Waals surface area contributed by atoms with Crippen LogP contribution in [-0.4, -0.2) is 12.6 Å². The first kappa shape index (κ1) is 21.6. The minimum Gasteiger partial charge on any atom is -0.494 e. The van der Waals surface area contributed by atoms with E-state index in [1.807, 2.05) is 31.2 Å². The Bertz CT molecular complexity index is 910. The highest BCUT2D eigenvalue weighted by Gasteiger charge is 2.09. The third-order valence-electron chi connectivity index (χ3n) is 5.07. The van der Waals surface area contributed by atoms with E-state index in [1.54, 1.807) is 24.3 Å². The van der Waals surface area contributed by atoms with Crippen LogP contribution >= 0.6 is 0 Å². The number of esters is 1. The number of ether oxygens (including phenoxy) is 2. The van der Waals surface area contributed by atoms with Crippen molar-refractivity contribution < 1.29 is 14.3 Å². The molecule has 0 saturated heterocycles. The second-order valence-corrected chi connectivity index (χ2v) is 7.38. The van der Waals surface area contributed by atoms with E-state index in [0.29, 0.717) is 17.9 Å². The minimum absolute atomic E-state index is 0.377. The molecule has 3 aromatic rings. The summed E-state index contributed by atoms with van der Waals surface area (Å²) in [6.45, 7) is 4.76. The van der Waals surface area contributed by atoms with Crippen LogP contribution in [0.2, 0.25) is 0 Å². The summed E-state index contributed by atoms with van der Waals surface area (Å²) in [7, 11) is 0. The second kappa shape index (κ2) is 11.2. The Kier molecular flexibility index (Phi) is 8.08. The molecule has 3 nitrogen and oxygen atoms in total. The average molecular weight is 403 g/mol. The number of aryl methyl sites for hydroxylation is 1. The largest absolute Gasteiger partial charge is 0.494 e. The van der Waals surface area contributed by atoms with Crippen LogP contribution in [-0.2, 0) is 6.42 Å². The van der Waals surface area contributed by atoms with E-state index in [2.05, 4.69) is 31.2 Å². The van der Waals surface area contributed by atoms with Crippen LogP contribution in [0.15, 0.2) is 72.8 Å². The second-order valence-electron chi connectivity index (χ2n) is 7.38. The molecule has 0 radical (unpaired) electrons. The molecule has 0 saturated carbocycles. The van der Waals surface area contributed by atoms with Gasteiger partial charge in [0.2, 0.25) is 0 Å². The summed E-state index contributed by atoms with van der Waals surface area (Å²) in [5.41, 5.74) is 4.15. The van der Waals surface area contributed by atoms with Gasteiger partial charge in [-0.3, -0.25) is 0 Å². The van der Waals surface area contributed by atoms with E-state index in [4.69, 9.17) is 9.47 Å². The first-order valence-corrected chi connectivity index (χ1v) is 10.8. The molecule has 0 bridgehead atoms. The van der Waals surface area contributed by atoms with Gasteiger partial charge in [0.05, 0.1) is 12.2 Å². The zero-order valence-electron chi connectivity index (χ0n) is 17.9. The molecule has 0 aromatic heterocycles. The zero-order valence-corrected chi connectivity index (χ0v) is 17.9. The molecule has 0 fully saturated rings. The lowest BCUT2D eigenvalue weighted by Gasteiger charge is -2.08. The summed E-state index contributed by atoms with van der Waals surface area (Å²) in [5.74, 6) is 0.897. The van der Waals surface area contributed by atoms with Crippen molar-refractivity contribution in [3.05, 3.63) is 83.9 Å². The fourth-order valence-corrected chi connectivity index (χ4v) is 3.36. The van der Waals surface area contributed by atoms with Gasteiger partial charge in [0.1, 0.15) is 11.5 Å². The highest BCUT2D eigenvalue weighted by atomic mass is 16.5. The molecule has 156 valence electrons. The number of hydrogen-bond acceptors (Lipinski definition) is 3. The van der Waals surface area contributed by atoms with Gasteiger partial charge in [-0.25, -0.2) is 4.79 Å². The molecule has 0 spiro atoms. The van der Waals surface area contributed by atoms with Crippen LogP contribution in [0.25, 0.3) is 11.1 Å². The molecule has 0 heterocycles. The van der Waals surface area contributed by atoms with Crippen molar-refractivity contribution in [2.24, 2.45) is 0 Å². The van der Waals surface area contributed by atoms with Crippen molar-refractivity contribution in [2.45, 2.75) is 46.0 Å². The third kappa shape index (κ3) is 6.21. The first-order valence-electron chi connectivity index (χ1n) is 10.8. The molecule has 0 aliphatic rings. The monoisotopic (exact) mass is 402 g/mol. The van der Waals surface area contributed by atoms with Gasteiger partial charge >= 0.3 is 5.97 Å². The van der Waals surface area contributed by atoms with E-state index >= 15 is 0 Å². The molecule has 3 heteroatoms. The topological polar surface area (TPSA) is 35.5 Å². The van der Waals surface area contributed by atoms with Crippen LogP contribution in [0, 0.1) is 0 Å². The minimum atomic E-state index is -0.377. The van der Waals surface area contributed by atoms with Crippen LogP contribution in [0.1, 0.15) is 55.5 Å². The van der Waals surface area contributed by atoms with E-state index in [1.165, 1.54) is 31.2 Å². The van der Waals surface area contributed by atoms with Crippen LogP contribution in [0.4, 0.5) is 0 Å². The summed E-state index contributed by atoms with van der Waals surface area (Å²) in [6, 6.07) is 23.4. The average Bonchev–Trinajstić information content (AvgIpc) is 2.78. The number of carbonyl (C=O) groups excluding carboxylic acids is 1. The maximum absolute atomic E-state index is 12.3. The smallest absolute Gasteiger partial charge is 0.343 e. The molecule has 0 N–H and O–H groups in total. The summed E-state index contributed by atoms with van der Waals surface area (Å²) < 4.78 is 10.9. The Hall–Kier alpha value is -3.07. The number of carbonyl (C=O) groups is 1. The molecule has 3 rings (SSSR count). The van der Waals surface area contributed by atoms with Crippen molar-refractivity contribution in [2.75, 3.05) is 6.61 Å². The van der Waals surface area contributed by atoms with E-state index < -0.39 is 0 Å². The van der Waals surface area contributed by atoms with Crippen molar-refractivity contribution in [3.63, 3.8) is 0 Å². The molecular weight excluding hydrogens is 372 g/mol. The van der Waals surface area contributed by atoms with Crippen molar-refractivity contribution in [1.82, 2.24) is 0 Å². The molecule has 0 aliphatic carbocycles. The number of benzene rings is 3. The molecular formula is C27H30O3. The Morgan fingerprint density at radius 2 is 1.30 bits per heavy atom. The predicted molar refractivity (Wildman–Crippen MR) is 122 cm³/mol. The number of hydrogen-bond donors (Lipinski definition) is 0. The van der Waals surface area contributed by atoms with Gasteiger partial charge in [-0.15, -0.1) is 0 Å². The zero-order chi connectivity index (χ0) is 21.2. The van der Waals surface area contributed by atoms with Crippen LogP contribution < -0.4 is 9.47 Å². The molecule has 0 atom stereocenters. The Balaban J connectivity index is 1.57. The Morgan fingerprint density at radius 3 is 1.90 bits per heavy atom. The highest BCUT2D eigenvalue weighted by Crippen LogP contribution is 2.24. The predicted octanol–water partition coefficient (Wildman–Crippen LogP) is 7.09. The van der Waals surface area contributed by atoms with Crippen molar-refractivity contribution in [1.29, 1.82) is 0 Å². The van der Waals surface area contributed by atoms with Crippen LogP contribution in [0.3, 0.4) is 0 Å². The molecule has 0 amide bonds. The van der Waals surface area contributed by atoms with Gasteiger partial charge in [-0.1, -0.05) is 62.6 Å². The summed E-state index contributed by atoms with van der Waals surface area (Å²) in [4.78, 5) is 12.3. The van der Waals surface area contributed by atoms with Crippen LogP contribution in [0.5, 0.6) is 11.5 Å². The summed E-state index contributed by atoms with van der Waals surface area (Å²) >= 11 is 0.